The number of benzene rings is 1. The predicted octanol–water partition coefficient (Wildman–Crippen LogP) is 3.12. The molecule has 0 unspecified atom stereocenters. The average Bonchev–Trinajstić information content (AvgIpc) is 2.99. The van der Waals surface area contributed by atoms with Gasteiger partial charge in [-0.1, -0.05) is 25.4 Å². The molecule has 23 heavy (non-hydrogen) atoms. The summed E-state index contributed by atoms with van der Waals surface area (Å²) in [6.45, 7) is 7.12. The fourth-order valence-corrected chi connectivity index (χ4v) is 3.96. The fourth-order valence-electron chi connectivity index (χ4n) is 2.03. The second-order valence-corrected chi connectivity index (χ2v) is 8.12. The summed E-state index contributed by atoms with van der Waals surface area (Å²) in [5, 5.41) is 3.24. The Kier molecular flexibility index (Phi) is 6.55. The molecule has 1 N–H and O–H groups in total. The lowest BCUT2D eigenvalue weighted by Gasteiger charge is -2.15. The van der Waals surface area contributed by atoms with E-state index in [0.29, 0.717) is 5.02 Å². The Labute approximate surface area is 146 Å². The van der Waals surface area contributed by atoms with Gasteiger partial charge in [-0.05, 0) is 37.4 Å². The zero-order chi connectivity index (χ0) is 16.9. The molecular formula is C15H20ClN3O2S2. The number of nitrogens with zero attached hydrogens (tertiary/aromatic N) is 2. The fraction of sp³-hybridized carbons (Fsp3) is 0.400. The van der Waals surface area contributed by atoms with Crippen LogP contribution >= 0.6 is 22.9 Å². The Hall–Kier alpha value is -0.990. The lowest BCUT2D eigenvalue weighted by molar-refractivity contribution is 0.292. The molecule has 0 aliphatic rings. The predicted molar refractivity (Wildman–Crippen MR) is 94.2 cm³/mol. The van der Waals surface area contributed by atoms with Gasteiger partial charge in [-0.2, -0.15) is 0 Å². The maximum Gasteiger partial charge on any atom is 0.240 e. The molecule has 0 spiro atoms. The lowest BCUT2D eigenvalue weighted by Crippen LogP contribution is -2.24. The van der Waals surface area contributed by atoms with E-state index in [9.17, 15) is 8.42 Å². The molecule has 2 aromatic rings. The van der Waals surface area contributed by atoms with Crippen LogP contribution in [0.1, 0.15) is 24.5 Å². The molecule has 0 aliphatic heterocycles. The standard InChI is InChI=1S/C15H20ClN3O2S2/c1-3-19(4-2)10-13-11-22-15(18-13)9-17-23(20,21)14-7-5-12(16)6-8-14/h5-8,11,17H,3-4,9-10H2,1-2H3. The SMILES string of the molecule is CCN(CC)Cc1csc(CNS(=O)(=O)c2ccc(Cl)cc2)n1. The third kappa shape index (κ3) is 5.26. The quantitative estimate of drug-likeness (QED) is 0.772. The summed E-state index contributed by atoms with van der Waals surface area (Å²) in [5.74, 6) is 0. The molecule has 0 bridgehead atoms. The third-order valence-corrected chi connectivity index (χ3v) is 5.98. The van der Waals surface area contributed by atoms with Crippen molar-refractivity contribution >= 4 is 33.0 Å². The van der Waals surface area contributed by atoms with E-state index in [1.165, 1.54) is 23.5 Å². The maximum atomic E-state index is 12.2. The lowest BCUT2D eigenvalue weighted by atomic mass is 10.4. The smallest absolute Gasteiger partial charge is 0.240 e. The molecule has 0 aliphatic carbocycles. The number of nitrogens with one attached hydrogen (secondary N) is 1. The second kappa shape index (κ2) is 8.21. The first-order valence-electron chi connectivity index (χ1n) is 7.35. The first kappa shape index (κ1) is 18.4. The topological polar surface area (TPSA) is 62.3 Å². The van der Waals surface area contributed by atoms with Crippen molar-refractivity contribution in [1.29, 1.82) is 0 Å². The Bertz CT molecular complexity index is 725. The van der Waals surface area contributed by atoms with Crippen LogP contribution in [0, 0.1) is 0 Å². The van der Waals surface area contributed by atoms with Gasteiger partial charge in [0.05, 0.1) is 17.1 Å². The van der Waals surface area contributed by atoms with E-state index < -0.39 is 10.0 Å². The Morgan fingerprint density at radius 2 is 1.87 bits per heavy atom. The number of rotatable bonds is 8. The summed E-state index contributed by atoms with van der Waals surface area (Å²) >= 11 is 7.24. The summed E-state index contributed by atoms with van der Waals surface area (Å²) in [7, 11) is -3.55. The van der Waals surface area contributed by atoms with E-state index in [4.69, 9.17) is 11.6 Å². The van der Waals surface area contributed by atoms with E-state index in [0.717, 1.165) is 30.3 Å². The number of sulfonamides is 1. The molecule has 1 aromatic carbocycles. The minimum Gasteiger partial charge on any atom is -0.298 e. The normalized spacial score (nSPS) is 12.0. The highest BCUT2D eigenvalue weighted by Crippen LogP contribution is 2.16. The zero-order valence-electron chi connectivity index (χ0n) is 13.1. The number of halogens is 1. The Balaban J connectivity index is 1.98. The summed E-state index contributed by atoms with van der Waals surface area (Å²) in [6, 6.07) is 6.08. The van der Waals surface area contributed by atoms with Gasteiger partial charge in [-0.15, -0.1) is 11.3 Å². The van der Waals surface area contributed by atoms with Crippen LogP contribution in [0.3, 0.4) is 0 Å². The average molecular weight is 374 g/mol. The van der Waals surface area contributed by atoms with Gasteiger partial charge in [-0.25, -0.2) is 18.1 Å². The summed E-state index contributed by atoms with van der Waals surface area (Å²) in [6.07, 6.45) is 0. The molecule has 0 radical (unpaired) electrons. The Morgan fingerprint density at radius 1 is 1.22 bits per heavy atom. The second-order valence-electron chi connectivity index (χ2n) is 4.97. The van der Waals surface area contributed by atoms with Crippen molar-refractivity contribution in [2.24, 2.45) is 0 Å². The van der Waals surface area contributed by atoms with Crippen LogP contribution in [0.25, 0.3) is 0 Å². The summed E-state index contributed by atoms with van der Waals surface area (Å²) in [4.78, 5) is 6.94. The maximum absolute atomic E-state index is 12.2. The third-order valence-electron chi connectivity index (χ3n) is 3.42. The molecule has 1 heterocycles. The number of hydrogen-bond acceptors (Lipinski definition) is 5. The Morgan fingerprint density at radius 3 is 2.48 bits per heavy atom. The van der Waals surface area contributed by atoms with E-state index >= 15 is 0 Å². The molecule has 5 nitrogen and oxygen atoms in total. The molecule has 0 saturated heterocycles. The molecule has 0 fully saturated rings. The van der Waals surface area contributed by atoms with Crippen molar-refractivity contribution in [3.8, 4) is 0 Å². The van der Waals surface area contributed by atoms with Gasteiger partial charge in [0.2, 0.25) is 10.0 Å². The van der Waals surface area contributed by atoms with Crippen LogP contribution in [-0.4, -0.2) is 31.4 Å². The van der Waals surface area contributed by atoms with Crippen molar-refractivity contribution in [1.82, 2.24) is 14.6 Å². The molecule has 0 atom stereocenters. The van der Waals surface area contributed by atoms with E-state index in [1.54, 1.807) is 12.1 Å². The van der Waals surface area contributed by atoms with Crippen molar-refractivity contribution < 1.29 is 8.42 Å². The monoisotopic (exact) mass is 373 g/mol. The van der Waals surface area contributed by atoms with Crippen molar-refractivity contribution in [3.63, 3.8) is 0 Å². The first-order chi connectivity index (χ1) is 10.9. The number of hydrogen-bond donors (Lipinski definition) is 1. The van der Waals surface area contributed by atoms with Gasteiger partial charge in [0, 0.05) is 16.9 Å². The summed E-state index contributed by atoms with van der Waals surface area (Å²) < 4.78 is 27.0. The first-order valence-corrected chi connectivity index (χ1v) is 10.1. The van der Waals surface area contributed by atoms with Crippen LogP contribution in [0.5, 0.6) is 0 Å². The molecule has 126 valence electrons. The molecule has 8 heteroatoms. The van der Waals surface area contributed by atoms with Gasteiger partial charge >= 0.3 is 0 Å². The summed E-state index contributed by atoms with van der Waals surface area (Å²) in [5.41, 5.74) is 0.972. The van der Waals surface area contributed by atoms with E-state index in [1.807, 2.05) is 5.38 Å². The van der Waals surface area contributed by atoms with Gasteiger partial charge < -0.3 is 0 Å². The van der Waals surface area contributed by atoms with Crippen LogP contribution in [-0.2, 0) is 23.1 Å². The largest absolute Gasteiger partial charge is 0.298 e. The van der Waals surface area contributed by atoms with Gasteiger partial charge in [0.1, 0.15) is 5.01 Å². The van der Waals surface area contributed by atoms with Gasteiger partial charge in [-0.3, -0.25) is 4.90 Å². The van der Waals surface area contributed by atoms with Crippen LogP contribution in [0.4, 0.5) is 0 Å². The van der Waals surface area contributed by atoms with Crippen LogP contribution < -0.4 is 4.72 Å². The molecule has 2 rings (SSSR count). The van der Waals surface area contributed by atoms with E-state index in [2.05, 4.69) is 28.5 Å². The minimum absolute atomic E-state index is 0.188. The van der Waals surface area contributed by atoms with Crippen LogP contribution in [0.2, 0.25) is 5.02 Å². The number of aromatic nitrogens is 1. The number of thiazole rings is 1. The highest BCUT2D eigenvalue weighted by molar-refractivity contribution is 7.89. The molecule has 0 saturated carbocycles. The molecular weight excluding hydrogens is 354 g/mol. The zero-order valence-corrected chi connectivity index (χ0v) is 15.5. The van der Waals surface area contributed by atoms with Crippen molar-refractivity contribution in [2.45, 2.75) is 31.8 Å². The molecule has 1 aromatic heterocycles. The molecule has 0 amide bonds. The van der Waals surface area contributed by atoms with Gasteiger partial charge in [0.25, 0.3) is 0 Å². The van der Waals surface area contributed by atoms with Crippen molar-refractivity contribution in [2.75, 3.05) is 13.1 Å². The van der Waals surface area contributed by atoms with Crippen LogP contribution in [0.15, 0.2) is 34.5 Å². The van der Waals surface area contributed by atoms with E-state index in [-0.39, 0.29) is 11.4 Å². The highest BCUT2D eigenvalue weighted by Gasteiger charge is 2.14. The van der Waals surface area contributed by atoms with Crippen molar-refractivity contribution in [3.05, 3.63) is 45.4 Å². The minimum atomic E-state index is -3.55. The van der Waals surface area contributed by atoms with Gasteiger partial charge in [0.15, 0.2) is 0 Å². The highest BCUT2D eigenvalue weighted by atomic mass is 35.5.